The standard InChI is InChI=1S/C18H21ClN6O4/c19-10-4-2-1-3-9(10)5-6-21-18-23-15(20)12-16(24-18)25(8-22-12)17-14(28)13(27)11(7-26)29-17/h1-4,8,11,13-14,17,26-28H,5-7H2,(H3,20,21,23,24)/t11-,13-,14-,17-/m1/s1. The van der Waals surface area contributed by atoms with E-state index < -0.39 is 31.1 Å². The van der Waals surface area contributed by atoms with E-state index >= 15 is 0 Å². The first-order chi connectivity index (χ1) is 14.0. The predicted molar refractivity (Wildman–Crippen MR) is 106 cm³/mol. The van der Waals surface area contributed by atoms with Gasteiger partial charge in [-0.15, -0.1) is 0 Å². The summed E-state index contributed by atoms with van der Waals surface area (Å²) < 4.78 is 7.02. The first-order valence-electron chi connectivity index (χ1n) is 9.09. The SMILES string of the molecule is Nc1nc(NCCc2ccccc2Cl)nc2c1ncn2[C@@H]1O[C@H](CO)[C@@H](O)[C@H]1O. The van der Waals surface area contributed by atoms with Crippen molar-refractivity contribution in [3.8, 4) is 0 Å². The molecular formula is C18H21ClN6O4. The Morgan fingerprint density at radius 2 is 2.00 bits per heavy atom. The Bertz CT molecular complexity index is 1020. The summed E-state index contributed by atoms with van der Waals surface area (Å²) in [6.45, 7) is 0.101. The number of hydrogen-bond acceptors (Lipinski definition) is 9. The zero-order valence-electron chi connectivity index (χ0n) is 15.3. The number of nitrogens with two attached hydrogens (primary N) is 1. The molecule has 1 aromatic carbocycles. The van der Waals surface area contributed by atoms with Crippen LogP contribution in [-0.4, -0.2) is 66.3 Å². The van der Waals surface area contributed by atoms with Crippen molar-refractivity contribution < 1.29 is 20.1 Å². The molecule has 3 aromatic rings. The third kappa shape index (κ3) is 3.72. The number of ether oxygens (including phenoxy) is 1. The van der Waals surface area contributed by atoms with E-state index in [1.165, 1.54) is 10.9 Å². The van der Waals surface area contributed by atoms with Gasteiger partial charge in [0, 0.05) is 11.6 Å². The van der Waals surface area contributed by atoms with Gasteiger partial charge in [0.25, 0.3) is 0 Å². The number of aliphatic hydroxyl groups excluding tert-OH is 3. The number of hydrogen-bond donors (Lipinski definition) is 5. The first kappa shape index (κ1) is 19.8. The smallest absolute Gasteiger partial charge is 0.226 e. The van der Waals surface area contributed by atoms with Gasteiger partial charge < -0.3 is 31.1 Å². The Balaban J connectivity index is 1.56. The molecule has 0 unspecified atom stereocenters. The van der Waals surface area contributed by atoms with E-state index in [1.54, 1.807) is 0 Å². The van der Waals surface area contributed by atoms with Gasteiger partial charge >= 0.3 is 0 Å². The number of nitrogen functional groups attached to an aromatic ring is 1. The number of rotatable bonds is 6. The minimum absolute atomic E-state index is 0.167. The molecule has 2 aromatic heterocycles. The summed E-state index contributed by atoms with van der Waals surface area (Å²) in [5.74, 6) is 0.455. The maximum Gasteiger partial charge on any atom is 0.226 e. The lowest BCUT2D eigenvalue weighted by molar-refractivity contribution is -0.0511. The van der Waals surface area contributed by atoms with Gasteiger partial charge in [-0.05, 0) is 18.1 Å². The molecule has 1 aliphatic rings. The fourth-order valence-electron chi connectivity index (χ4n) is 3.32. The molecule has 4 atom stereocenters. The summed E-state index contributed by atoms with van der Waals surface area (Å²) in [6.07, 6.45) is -2.27. The molecule has 0 spiro atoms. The molecular weight excluding hydrogens is 400 g/mol. The van der Waals surface area contributed by atoms with Gasteiger partial charge in [0.2, 0.25) is 5.95 Å². The summed E-state index contributed by atoms with van der Waals surface area (Å²) in [5, 5.41) is 33.4. The lowest BCUT2D eigenvalue weighted by atomic mass is 10.1. The van der Waals surface area contributed by atoms with Crippen LogP contribution in [0.3, 0.4) is 0 Å². The van der Waals surface area contributed by atoms with Crippen LogP contribution >= 0.6 is 11.6 Å². The number of halogens is 1. The Labute approximate surface area is 170 Å². The molecule has 1 saturated heterocycles. The zero-order chi connectivity index (χ0) is 20.5. The molecule has 10 nitrogen and oxygen atoms in total. The number of fused-ring (bicyclic) bond motifs is 1. The van der Waals surface area contributed by atoms with Gasteiger partial charge in [0.15, 0.2) is 17.7 Å². The topological polar surface area (TPSA) is 152 Å². The number of aliphatic hydroxyl groups is 3. The van der Waals surface area contributed by atoms with Crippen molar-refractivity contribution in [1.82, 2.24) is 19.5 Å². The monoisotopic (exact) mass is 420 g/mol. The van der Waals surface area contributed by atoms with Crippen LogP contribution in [0.4, 0.5) is 11.8 Å². The van der Waals surface area contributed by atoms with Crippen molar-refractivity contribution in [3.05, 3.63) is 41.2 Å². The second-order valence-corrected chi connectivity index (χ2v) is 7.16. The van der Waals surface area contributed by atoms with Crippen molar-refractivity contribution in [3.63, 3.8) is 0 Å². The largest absolute Gasteiger partial charge is 0.394 e. The molecule has 4 rings (SSSR count). The molecule has 0 saturated carbocycles. The summed E-state index contributed by atoms with van der Waals surface area (Å²) in [6, 6.07) is 7.56. The summed E-state index contributed by atoms with van der Waals surface area (Å²) in [4.78, 5) is 12.8. The van der Waals surface area contributed by atoms with Gasteiger partial charge in [0.1, 0.15) is 23.8 Å². The van der Waals surface area contributed by atoms with Gasteiger partial charge in [-0.3, -0.25) is 4.57 Å². The van der Waals surface area contributed by atoms with Gasteiger partial charge in [-0.2, -0.15) is 9.97 Å². The van der Waals surface area contributed by atoms with Crippen LogP contribution in [0.15, 0.2) is 30.6 Å². The highest BCUT2D eigenvalue weighted by molar-refractivity contribution is 6.31. The highest BCUT2D eigenvalue weighted by atomic mass is 35.5. The minimum atomic E-state index is -1.25. The fraction of sp³-hybridized carbons (Fsp3) is 0.389. The van der Waals surface area contributed by atoms with Gasteiger partial charge in [0.05, 0.1) is 12.9 Å². The van der Waals surface area contributed by atoms with Crippen LogP contribution in [0, 0.1) is 0 Å². The summed E-state index contributed by atoms with van der Waals surface area (Å²) in [7, 11) is 0. The number of aromatic nitrogens is 4. The zero-order valence-corrected chi connectivity index (χ0v) is 16.1. The molecule has 11 heteroatoms. The predicted octanol–water partition coefficient (Wildman–Crippen LogP) is 0.328. The number of benzene rings is 1. The second-order valence-electron chi connectivity index (χ2n) is 6.75. The van der Waals surface area contributed by atoms with E-state index in [-0.39, 0.29) is 11.8 Å². The average Bonchev–Trinajstić information content (AvgIpc) is 3.25. The number of nitrogens with zero attached hydrogens (tertiary/aromatic N) is 4. The first-order valence-corrected chi connectivity index (χ1v) is 9.47. The molecule has 0 radical (unpaired) electrons. The van der Waals surface area contributed by atoms with Crippen LogP contribution in [0.25, 0.3) is 11.2 Å². The number of anilines is 2. The normalized spacial score (nSPS) is 24.3. The van der Waals surface area contributed by atoms with Gasteiger partial charge in [-0.1, -0.05) is 29.8 Å². The maximum absolute atomic E-state index is 10.3. The average molecular weight is 421 g/mol. The van der Waals surface area contributed by atoms with E-state index in [1.807, 2.05) is 24.3 Å². The molecule has 29 heavy (non-hydrogen) atoms. The molecule has 0 amide bonds. The Morgan fingerprint density at radius 3 is 2.72 bits per heavy atom. The molecule has 0 aliphatic carbocycles. The van der Waals surface area contributed by atoms with E-state index in [9.17, 15) is 15.3 Å². The van der Waals surface area contributed by atoms with E-state index in [0.717, 1.165) is 5.56 Å². The molecule has 6 N–H and O–H groups in total. The van der Waals surface area contributed by atoms with Crippen LogP contribution in [-0.2, 0) is 11.2 Å². The third-order valence-corrected chi connectivity index (χ3v) is 5.24. The third-order valence-electron chi connectivity index (χ3n) is 4.87. The molecule has 1 aliphatic heterocycles. The lowest BCUT2D eigenvalue weighted by Gasteiger charge is -2.17. The molecule has 154 valence electrons. The Kier molecular flexibility index (Phi) is 5.52. The Morgan fingerprint density at radius 1 is 1.21 bits per heavy atom. The molecule has 3 heterocycles. The summed E-state index contributed by atoms with van der Waals surface area (Å²) >= 11 is 6.17. The van der Waals surface area contributed by atoms with Crippen LogP contribution in [0.2, 0.25) is 5.02 Å². The van der Waals surface area contributed by atoms with Crippen LogP contribution in [0.1, 0.15) is 11.8 Å². The van der Waals surface area contributed by atoms with Crippen molar-refractivity contribution in [2.45, 2.75) is 31.0 Å². The minimum Gasteiger partial charge on any atom is -0.394 e. The van der Waals surface area contributed by atoms with Gasteiger partial charge in [-0.25, -0.2) is 4.98 Å². The number of nitrogens with one attached hydrogen (secondary N) is 1. The second kappa shape index (κ2) is 8.09. The lowest BCUT2D eigenvalue weighted by Crippen LogP contribution is -2.33. The maximum atomic E-state index is 10.3. The highest BCUT2D eigenvalue weighted by Gasteiger charge is 2.44. The van der Waals surface area contributed by atoms with Crippen molar-refractivity contribution in [2.75, 3.05) is 24.2 Å². The molecule has 0 bridgehead atoms. The fourth-order valence-corrected chi connectivity index (χ4v) is 3.55. The summed E-state index contributed by atoms with van der Waals surface area (Å²) in [5.41, 5.74) is 7.69. The van der Waals surface area contributed by atoms with Crippen molar-refractivity contribution in [2.24, 2.45) is 0 Å². The van der Waals surface area contributed by atoms with E-state index in [2.05, 4.69) is 20.3 Å². The Hall–Kier alpha value is -2.50. The van der Waals surface area contributed by atoms with Crippen LogP contribution in [0.5, 0.6) is 0 Å². The van der Waals surface area contributed by atoms with E-state index in [0.29, 0.717) is 29.2 Å². The number of imidazole rings is 1. The molecule has 1 fully saturated rings. The van der Waals surface area contributed by atoms with Crippen molar-refractivity contribution >= 4 is 34.5 Å². The van der Waals surface area contributed by atoms with E-state index in [4.69, 9.17) is 22.1 Å². The quantitative estimate of drug-likeness (QED) is 0.379. The van der Waals surface area contributed by atoms with Crippen molar-refractivity contribution in [1.29, 1.82) is 0 Å². The van der Waals surface area contributed by atoms with Crippen LogP contribution < -0.4 is 11.1 Å². The highest BCUT2D eigenvalue weighted by Crippen LogP contribution is 2.32.